The summed E-state index contributed by atoms with van der Waals surface area (Å²) in [5.74, 6) is -0.320. The summed E-state index contributed by atoms with van der Waals surface area (Å²) in [6.07, 6.45) is 0. The number of amides is 2. The lowest BCUT2D eigenvalue weighted by Crippen LogP contribution is -2.47. The van der Waals surface area contributed by atoms with Gasteiger partial charge >= 0.3 is 0 Å². The number of nitrogens with one attached hydrogen (secondary N) is 1. The van der Waals surface area contributed by atoms with Gasteiger partial charge in [-0.2, -0.15) is 0 Å². The lowest BCUT2D eigenvalue weighted by molar-refractivity contribution is -0.137. The summed E-state index contributed by atoms with van der Waals surface area (Å²) in [6.45, 7) is 2.17. The van der Waals surface area contributed by atoms with E-state index in [-0.39, 0.29) is 11.8 Å². The van der Waals surface area contributed by atoms with E-state index < -0.39 is 6.04 Å². The average Bonchev–Trinajstić information content (AvgIpc) is 3.15. The van der Waals surface area contributed by atoms with Crippen LogP contribution in [0.5, 0.6) is 0 Å². The predicted molar refractivity (Wildman–Crippen MR) is 88.4 cm³/mol. The van der Waals surface area contributed by atoms with Crippen molar-refractivity contribution in [1.82, 2.24) is 10.2 Å². The Bertz CT molecular complexity index is 652. The summed E-state index contributed by atoms with van der Waals surface area (Å²) < 4.78 is 5.30. The lowest BCUT2D eigenvalue weighted by Gasteiger charge is -2.30. The molecule has 0 saturated carbocycles. The van der Waals surface area contributed by atoms with Crippen molar-refractivity contribution in [3.05, 3.63) is 58.3 Å². The van der Waals surface area contributed by atoms with Gasteiger partial charge in [0.25, 0.3) is 5.91 Å². The molecule has 5 nitrogen and oxygen atoms in total. The van der Waals surface area contributed by atoms with Gasteiger partial charge in [-0.3, -0.25) is 9.59 Å². The van der Waals surface area contributed by atoms with E-state index in [2.05, 4.69) is 5.32 Å². The van der Waals surface area contributed by atoms with E-state index in [9.17, 15) is 9.59 Å². The van der Waals surface area contributed by atoms with E-state index in [4.69, 9.17) is 4.74 Å². The van der Waals surface area contributed by atoms with Gasteiger partial charge in [0.1, 0.15) is 6.04 Å². The molecule has 1 atom stereocenters. The summed E-state index contributed by atoms with van der Waals surface area (Å²) in [6, 6.07) is 12.2. The van der Waals surface area contributed by atoms with Gasteiger partial charge in [0, 0.05) is 13.1 Å². The molecule has 1 N–H and O–H groups in total. The number of nitrogens with zero attached hydrogens (tertiary/aromatic N) is 1. The molecule has 1 aliphatic rings. The van der Waals surface area contributed by atoms with Gasteiger partial charge < -0.3 is 15.0 Å². The molecule has 1 saturated heterocycles. The number of rotatable bonds is 4. The Morgan fingerprint density at radius 2 is 1.83 bits per heavy atom. The first kappa shape index (κ1) is 15.7. The maximum atomic E-state index is 12.9. The Morgan fingerprint density at radius 1 is 1.09 bits per heavy atom. The van der Waals surface area contributed by atoms with Crippen LogP contribution < -0.4 is 5.32 Å². The average molecular weight is 330 g/mol. The SMILES string of the molecule is O=C(N[C@@H](C(=O)N1CCOCC1)c1ccccc1)c1cccs1. The minimum absolute atomic E-state index is 0.0931. The van der Waals surface area contributed by atoms with Crippen LogP contribution in [0.1, 0.15) is 21.3 Å². The second-order valence-electron chi connectivity index (χ2n) is 5.23. The van der Waals surface area contributed by atoms with Gasteiger partial charge in [-0.15, -0.1) is 11.3 Å². The summed E-state index contributed by atoms with van der Waals surface area (Å²) in [5.41, 5.74) is 0.786. The number of thiophene rings is 1. The number of ether oxygens (including phenoxy) is 1. The zero-order chi connectivity index (χ0) is 16.1. The zero-order valence-electron chi connectivity index (χ0n) is 12.6. The van der Waals surface area contributed by atoms with Gasteiger partial charge in [-0.1, -0.05) is 36.4 Å². The third-order valence-corrected chi connectivity index (χ3v) is 4.59. The van der Waals surface area contributed by atoms with Crippen LogP contribution in [0.2, 0.25) is 0 Å². The highest BCUT2D eigenvalue weighted by molar-refractivity contribution is 7.12. The molecule has 0 radical (unpaired) electrons. The maximum Gasteiger partial charge on any atom is 0.262 e. The highest BCUT2D eigenvalue weighted by Crippen LogP contribution is 2.18. The van der Waals surface area contributed by atoms with E-state index in [0.29, 0.717) is 31.2 Å². The van der Waals surface area contributed by atoms with Crippen molar-refractivity contribution < 1.29 is 14.3 Å². The third kappa shape index (κ3) is 3.78. The molecule has 0 bridgehead atoms. The van der Waals surface area contributed by atoms with Crippen molar-refractivity contribution in [2.24, 2.45) is 0 Å². The standard InChI is InChI=1S/C17H18N2O3S/c20-16(14-7-4-12-23-14)18-15(13-5-2-1-3-6-13)17(21)19-8-10-22-11-9-19/h1-7,12,15H,8-11H2,(H,18,20)/t15-/m1/s1. The fraction of sp³-hybridized carbons (Fsp3) is 0.294. The van der Waals surface area contributed by atoms with Crippen LogP contribution >= 0.6 is 11.3 Å². The molecule has 2 heterocycles. The largest absolute Gasteiger partial charge is 0.378 e. The van der Waals surface area contributed by atoms with Crippen molar-refractivity contribution >= 4 is 23.2 Å². The minimum atomic E-state index is -0.677. The van der Waals surface area contributed by atoms with Gasteiger partial charge in [0.2, 0.25) is 5.91 Å². The third-order valence-electron chi connectivity index (χ3n) is 3.72. The minimum Gasteiger partial charge on any atom is -0.378 e. The Morgan fingerprint density at radius 3 is 2.48 bits per heavy atom. The Labute approximate surface area is 138 Å². The van der Waals surface area contributed by atoms with E-state index in [1.54, 1.807) is 11.0 Å². The molecule has 120 valence electrons. The molecule has 1 fully saturated rings. The summed E-state index contributed by atoms with van der Waals surface area (Å²) in [5, 5.41) is 4.72. The molecule has 6 heteroatoms. The molecule has 2 aromatic rings. The first-order valence-electron chi connectivity index (χ1n) is 7.51. The van der Waals surface area contributed by atoms with Crippen LogP contribution in [0, 0.1) is 0 Å². The Kier molecular flexibility index (Phi) is 5.05. The second-order valence-corrected chi connectivity index (χ2v) is 6.18. The molecule has 1 aromatic heterocycles. The maximum absolute atomic E-state index is 12.9. The molecule has 0 aliphatic carbocycles. The van der Waals surface area contributed by atoms with Crippen LogP contribution in [0.25, 0.3) is 0 Å². The summed E-state index contributed by atoms with van der Waals surface area (Å²) in [7, 11) is 0. The molecule has 23 heavy (non-hydrogen) atoms. The molecule has 1 aromatic carbocycles. The monoisotopic (exact) mass is 330 g/mol. The van der Waals surface area contributed by atoms with E-state index in [1.807, 2.05) is 41.8 Å². The summed E-state index contributed by atoms with van der Waals surface area (Å²) in [4.78, 5) is 27.6. The van der Waals surface area contributed by atoms with Crippen molar-refractivity contribution in [3.8, 4) is 0 Å². The number of hydrogen-bond acceptors (Lipinski definition) is 4. The zero-order valence-corrected chi connectivity index (χ0v) is 13.4. The molecule has 1 aliphatic heterocycles. The van der Waals surface area contributed by atoms with E-state index in [1.165, 1.54) is 11.3 Å². The van der Waals surface area contributed by atoms with Crippen LogP contribution in [0.3, 0.4) is 0 Å². The lowest BCUT2D eigenvalue weighted by atomic mass is 10.1. The van der Waals surface area contributed by atoms with Crippen LogP contribution in [0.4, 0.5) is 0 Å². The Hall–Kier alpha value is -2.18. The first-order valence-corrected chi connectivity index (χ1v) is 8.39. The van der Waals surface area contributed by atoms with E-state index in [0.717, 1.165) is 5.56 Å². The predicted octanol–water partition coefficient (Wildman–Crippen LogP) is 2.08. The van der Waals surface area contributed by atoms with Crippen molar-refractivity contribution in [2.45, 2.75) is 6.04 Å². The van der Waals surface area contributed by atoms with Crippen molar-refractivity contribution in [2.75, 3.05) is 26.3 Å². The van der Waals surface area contributed by atoms with Gasteiger partial charge in [0.15, 0.2) is 0 Å². The molecular formula is C17H18N2O3S. The molecule has 3 rings (SSSR count). The highest BCUT2D eigenvalue weighted by atomic mass is 32.1. The fourth-order valence-corrected chi connectivity index (χ4v) is 3.14. The number of benzene rings is 1. The number of morpholine rings is 1. The van der Waals surface area contributed by atoms with Crippen molar-refractivity contribution in [3.63, 3.8) is 0 Å². The quantitative estimate of drug-likeness (QED) is 0.934. The van der Waals surface area contributed by atoms with Crippen LogP contribution in [-0.2, 0) is 9.53 Å². The number of carbonyl (C=O) groups is 2. The summed E-state index contributed by atoms with van der Waals surface area (Å²) >= 11 is 1.36. The molecule has 0 unspecified atom stereocenters. The van der Waals surface area contributed by atoms with E-state index >= 15 is 0 Å². The smallest absolute Gasteiger partial charge is 0.262 e. The van der Waals surface area contributed by atoms with Gasteiger partial charge in [-0.05, 0) is 17.0 Å². The Balaban J connectivity index is 1.81. The highest BCUT2D eigenvalue weighted by Gasteiger charge is 2.28. The van der Waals surface area contributed by atoms with Gasteiger partial charge in [0.05, 0.1) is 18.1 Å². The van der Waals surface area contributed by atoms with Gasteiger partial charge in [-0.25, -0.2) is 0 Å². The molecule has 2 amide bonds. The first-order chi connectivity index (χ1) is 11.3. The normalized spacial score (nSPS) is 15.9. The molecule has 0 spiro atoms. The second kappa shape index (κ2) is 7.39. The molecular weight excluding hydrogens is 312 g/mol. The van der Waals surface area contributed by atoms with Crippen molar-refractivity contribution in [1.29, 1.82) is 0 Å². The number of carbonyl (C=O) groups excluding carboxylic acids is 2. The fourth-order valence-electron chi connectivity index (χ4n) is 2.51. The van der Waals surface area contributed by atoms with Crippen LogP contribution in [-0.4, -0.2) is 43.0 Å². The topological polar surface area (TPSA) is 58.6 Å². The van der Waals surface area contributed by atoms with Crippen LogP contribution in [0.15, 0.2) is 47.8 Å². The number of hydrogen-bond donors (Lipinski definition) is 1.